The molecule has 1 aromatic rings. The number of benzene rings is 1. The fourth-order valence-electron chi connectivity index (χ4n) is 1.76. The second-order valence-corrected chi connectivity index (χ2v) is 4.27. The summed E-state index contributed by atoms with van der Waals surface area (Å²) in [5, 5.41) is 19.4. The van der Waals surface area contributed by atoms with Gasteiger partial charge in [-0.25, -0.2) is 0 Å². The molecule has 0 fully saturated rings. The van der Waals surface area contributed by atoms with E-state index in [2.05, 4.69) is 0 Å². The average molecular weight is 319 g/mol. The van der Waals surface area contributed by atoms with Crippen LogP contribution in [0.25, 0.3) is 0 Å². The summed E-state index contributed by atoms with van der Waals surface area (Å²) in [4.78, 5) is 22.6. The molecule has 0 aliphatic rings. The maximum atomic E-state index is 10.7. The minimum absolute atomic E-state index is 0. The first-order valence-electron chi connectivity index (χ1n) is 6.34. The van der Waals surface area contributed by atoms with Gasteiger partial charge in [-0.1, -0.05) is 13.0 Å². The minimum Gasteiger partial charge on any atom is -0.492 e. The number of hydrogen-bond donors (Lipinski definition) is 1. The number of hydrogen-bond acceptors (Lipinski definition) is 5. The molecule has 21 heavy (non-hydrogen) atoms. The van der Waals surface area contributed by atoms with E-state index in [-0.39, 0.29) is 31.2 Å². The summed E-state index contributed by atoms with van der Waals surface area (Å²) < 4.78 is 5.42. The van der Waals surface area contributed by atoms with Crippen molar-refractivity contribution in [1.29, 1.82) is 0 Å². The molecular weight excluding hydrogens is 300 g/mol. The van der Waals surface area contributed by atoms with Gasteiger partial charge in [0.1, 0.15) is 12.4 Å². The number of carboxylic acids is 1. The molecule has 1 rings (SSSR count). The van der Waals surface area contributed by atoms with Gasteiger partial charge in [-0.3, -0.25) is 19.8 Å². The summed E-state index contributed by atoms with van der Waals surface area (Å²) >= 11 is 0. The molecule has 0 heterocycles. The summed E-state index contributed by atoms with van der Waals surface area (Å²) in [5.41, 5.74) is -0.0292. The van der Waals surface area contributed by atoms with Crippen LogP contribution in [0, 0.1) is 10.1 Å². The van der Waals surface area contributed by atoms with E-state index in [1.54, 1.807) is 17.0 Å². The first-order valence-corrected chi connectivity index (χ1v) is 6.34. The Morgan fingerprint density at radius 2 is 2.14 bits per heavy atom. The highest BCUT2D eigenvalue weighted by Gasteiger charge is 2.10. The zero-order valence-electron chi connectivity index (χ0n) is 11.7. The fourth-order valence-corrected chi connectivity index (χ4v) is 1.76. The van der Waals surface area contributed by atoms with Crippen LogP contribution in [-0.2, 0) is 4.79 Å². The Hall–Kier alpha value is -1.86. The second kappa shape index (κ2) is 9.95. The van der Waals surface area contributed by atoms with Crippen molar-refractivity contribution in [2.75, 3.05) is 26.2 Å². The van der Waals surface area contributed by atoms with Gasteiger partial charge in [0, 0.05) is 12.6 Å². The number of nitro benzene ring substituents is 1. The molecule has 118 valence electrons. The molecule has 0 bridgehead atoms. The molecule has 0 saturated carbocycles. The molecular formula is C13H19ClN2O5. The van der Waals surface area contributed by atoms with Crippen molar-refractivity contribution in [1.82, 2.24) is 4.90 Å². The lowest BCUT2D eigenvalue weighted by Crippen LogP contribution is -2.34. The largest absolute Gasteiger partial charge is 0.492 e. The van der Waals surface area contributed by atoms with E-state index in [1.807, 2.05) is 6.92 Å². The van der Waals surface area contributed by atoms with Crippen LogP contribution in [0.3, 0.4) is 0 Å². The molecule has 7 nitrogen and oxygen atoms in total. The summed E-state index contributed by atoms with van der Waals surface area (Å²) in [6.45, 7) is 3.35. The van der Waals surface area contributed by atoms with Gasteiger partial charge >= 0.3 is 5.97 Å². The Morgan fingerprint density at radius 3 is 2.71 bits per heavy atom. The number of carbonyl (C=O) groups is 1. The standard InChI is InChI=1S/C13H18N2O5.ClH/c1-2-6-14(10-13(16)17)7-8-20-12-5-3-4-11(9-12)15(18)19;/h3-5,9H,2,6-8,10H2,1H3,(H,16,17);1H. The molecule has 8 heteroatoms. The van der Waals surface area contributed by atoms with E-state index in [1.165, 1.54) is 12.1 Å². The third kappa shape index (κ3) is 7.48. The minimum atomic E-state index is -0.881. The summed E-state index contributed by atoms with van der Waals surface area (Å²) in [5.74, 6) is -0.472. The number of nitro groups is 1. The topological polar surface area (TPSA) is 92.9 Å². The first-order chi connectivity index (χ1) is 9.52. The van der Waals surface area contributed by atoms with E-state index < -0.39 is 10.9 Å². The van der Waals surface area contributed by atoms with Gasteiger partial charge in [-0.15, -0.1) is 12.4 Å². The molecule has 0 saturated heterocycles. The predicted molar refractivity (Wildman–Crippen MR) is 80.2 cm³/mol. The average Bonchev–Trinajstić information content (AvgIpc) is 2.38. The Balaban J connectivity index is 0.00000400. The number of non-ortho nitro benzene ring substituents is 1. The highest BCUT2D eigenvalue weighted by atomic mass is 35.5. The van der Waals surface area contributed by atoms with E-state index in [0.717, 1.165) is 6.42 Å². The molecule has 0 spiro atoms. The Kier molecular flexibility index (Phi) is 9.07. The monoisotopic (exact) mass is 318 g/mol. The lowest BCUT2D eigenvalue weighted by molar-refractivity contribution is -0.384. The molecule has 0 aliphatic carbocycles. The highest BCUT2D eigenvalue weighted by molar-refractivity contribution is 5.85. The van der Waals surface area contributed by atoms with Crippen molar-refractivity contribution in [2.24, 2.45) is 0 Å². The SMILES string of the molecule is CCCN(CCOc1cccc([N+](=O)[O-])c1)CC(=O)O.Cl. The molecule has 0 amide bonds. The van der Waals surface area contributed by atoms with E-state index in [4.69, 9.17) is 9.84 Å². The molecule has 0 aliphatic heterocycles. The van der Waals surface area contributed by atoms with Crippen LogP contribution < -0.4 is 4.74 Å². The van der Waals surface area contributed by atoms with Crippen molar-refractivity contribution in [3.63, 3.8) is 0 Å². The number of halogens is 1. The summed E-state index contributed by atoms with van der Waals surface area (Å²) in [7, 11) is 0. The fraction of sp³-hybridized carbons (Fsp3) is 0.462. The quantitative estimate of drug-likeness (QED) is 0.554. The number of carboxylic acid groups (broad SMARTS) is 1. The molecule has 0 atom stereocenters. The van der Waals surface area contributed by atoms with Gasteiger partial charge in [-0.2, -0.15) is 0 Å². The normalized spacial score (nSPS) is 10.0. The number of aliphatic carboxylic acids is 1. The van der Waals surface area contributed by atoms with Gasteiger partial charge in [0.05, 0.1) is 17.5 Å². The van der Waals surface area contributed by atoms with Crippen molar-refractivity contribution < 1.29 is 19.6 Å². The Morgan fingerprint density at radius 1 is 1.43 bits per heavy atom. The van der Waals surface area contributed by atoms with Crippen LogP contribution in [0.1, 0.15) is 13.3 Å². The molecule has 1 N–H and O–H groups in total. The van der Waals surface area contributed by atoms with Crippen LogP contribution >= 0.6 is 12.4 Å². The first kappa shape index (κ1) is 19.1. The van der Waals surface area contributed by atoms with Crippen LogP contribution in [0.5, 0.6) is 5.75 Å². The summed E-state index contributed by atoms with van der Waals surface area (Å²) in [6.07, 6.45) is 0.851. The maximum Gasteiger partial charge on any atom is 0.317 e. The third-order valence-corrected chi connectivity index (χ3v) is 2.60. The van der Waals surface area contributed by atoms with E-state index in [0.29, 0.717) is 18.8 Å². The molecule has 1 aromatic carbocycles. The zero-order chi connectivity index (χ0) is 15.0. The highest BCUT2D eigenvalue weighted by Crippen LogP contribution is 2.18. The van der Waals surface area contributed by atoms with Gasteiger partial charge in [0.15, 0.2) is 0 Å². The summed E-state index contributed by atoms with van der Waals surface area (Å²) in [6, 6.07) is 5.92. The Labute approximate surface area is 129 Å². The van der Waals surface area contributed by atoms with Gasteiger partial charge in [0.25, 0.3) is 5.69 Å². The van der Waals surface area contributed by atoms with E-state index in [9.17, 15) is 14.9 Å². The van der Waals surface area contributed by atoms with Crippen molar-refractivity contribution in [2.45, 2.75) is 13.3 Å². The van der Waals surface area contributed by atoms with Crippen LogP contribution in [0.15, 0.2) is 24.3 Å². The molecule has 0 unspecified atom stereocenters. The number of nitrogens with zero attached hydrogens (tertiary/aromatic N) is 2. The number of rotatable bonds is 9. The zero-order valence-corrected chi connectivity index (χ0v) is 12.5. The lowest BCUT2D eigenvalue weighted by atomic mass is 10.3. The maximum absolute atomic E-state index is 10.7. The molecule has 0 aromatic heterocycles. The van der Waals surface area contributed by atoms with Crippen molar-refractivity contribution in [3.05, 3.63) is 34.4 Å². The van der Waals surface area contributed by atoms with E-state index >= 15 is 0 Å². The Bertz CT molecular complexity index is 470. The predicted octanol–water partition coefficient (Wildman–Crippen LogP) is 2.19. The van der Waals surface area contributed by atoms with Crippen molar-refractivity contribution >= 4 is 24.1 Å². The van der Waals surface area contributed by atoms with Crippen molar-refractivity contribution in [3.8, 4) is 5.75 Å². The number of ether oxygens (including phenoxy) is 1. The smallest absolute Gasteiger partial charge is 0.317 e. The second-order valence-electron chi connectivity index (χ2n) is 4.27. The lowest BCUT2D eigenvalue weighted by Gasteiger charge is -2.19. The van der Waals surface area contributed by atoms with Gasteiger partial charge in [-0.05, 0) is 19.0 Å². The molecule has 0 radical (unpaired) electrons. The van der Waals surface area contributed by atoms with Gasteiger partial charge in [0.2, 0.25) is 0 Å². The van der Waals surface area contributed by atoms with Crippen LogP contribution in [0.2, 0.25) is 0 Å². The van der Waals surface area contributed by atoms with Gasteiger partial charge < -0.3 is 9.84 Å². The van der Waals surface area contributed by atoms with Crippen LogP contribution in [-0.4, -0.2) is 47.1 Å². The van der Waals surface area contributed by atoms with Crippen LogP contribution in [0.4, 0.5) is 5.69 Å². The third-order valence-electron chi connectivity index (χ3n) is 2.60.